The second kappa shape index (κ2) is 7.79. The Kier molecular flexibility index (Phi) is 5.81. The molecule has 1 amide bonds. The van der Waals surface area contributed by atoms with Crippen LogP contribution in [0.5, 0.6) is 0 Å². The van der Waals surface area contributed by atoms with Crippen molar-refractivity contribution in [1.29, 1.82) is 0 Å². The highest BCUT2D eigenvalue weighted by Gasteiger charge is 2.39. The van der Waals surface area contributed by atoms with Crippen molar-refractivity contribution in [3.05, 3.63) is 17.0 Å². The molecule has 3 rings (SSSR count). The summed E-state index contributed by atoms with van der Waals surface area (Å²) < 4.78 is 39.9. The predicted molar refractivity (Wildman–Crippen MR) is 95.2 cm³/mol. The molecule has 2 aliphatic heterocycles. The lowest BCUT2D eigenvalue weighted by Crippen LogP contribution is -2.58. The standard InChI is InChI=1S/C18H28F3N5O/c1-13-15(14(2)23(3)22-13)11-24-7-9-25(10-8-24)16-5-4-6-26(17(16)27)12-18(19,20)21/h16H,4-12H2,1-3H3. The molecule has 0 bridgehead atoms. The van der Waals surface area contributed by atoms with Gasteiger partial charge in [-0.3, -0.25) is 19.3 Å². The van der Waals surface area contributed by atoms with Crippen molar-refractivity contribution in [3.8, 4) is 0 Å². The van der Waals surface area contributed by atoms with Crippen molar-refractivity contribution in [3.63, 3.8) is 0 Å². The molecular weight excluding hydrogens is 359 g/mol. The fraction of sp³-hybridized carbons (Fsp3) is 0.778. The fourth-order valence-electron chi connectivity index (χ4n) is 4.14. The van der Waals surface area contributed by atoms with E-state index in [0.29, 0.717) is 25.9 Å². The second-order valence-corrected chi connectivity index (χ2v) is 7.62. The van der Waals surface area contributed by atoms with Gasteiger partial charge in [-0.2, -0.15) is 18.3 Å². The molecule has 27 heavy (non-hydrogen) atoms. The van der Waals surface area contributed by atoms with Gasteiger partial charge in [0.25, 0.3) is 0 Å². The molecule has 9 heteroatoms. The third-order valence-corrected chi connectivity index (χ3v) is 5.76. The maximum absolute atomic E-state index is 12.7. The third-order valence-electron chi connectivity index (χ3n) is 5.76. The number of rotatable bonds is 4. The molecule has 0 N–H and O–H groups in total. The van der Waals surface area contributed by atoms with Crippen molar-refractivity contribution in [1.82, 2.24) is 24.5 Å². The van der Waals surface area contributed by atoms with Gasteiger partial charge in [0.1, 0.15) is 6.54 Å². The van der Waals surface area contributed by atoms with Crippen LogP contribution in [0.15, 0.2) is 0 Å². The summed E-state index contributed by atoms with van der Waals surface area (Å²) in [5, 5.41) is 4.45. The lowest BCUT2D eigenvalue weighted by molar-refractivity contribution is -0.168. The van der Waals surface area contributed by atoms with E-state index in [1.165, 1.54) is 5.56 Å². The average Bonchev–Trinajstić information content (AvgIpc) is 2.83. The van der Waals surface area contributed by atoms with E-state index in [1.807, 2.05) is 18.7 Å². The van der Waals surface area contributed by atoms with Crippen molar-refractivity contribution < 1.29 is 18.0 Å². The number of carbonyl (C=O) groups excluding carboxylic acids is 1. The van der Waals surface area contributed by atoms with Crippen LogP contribution in [0.25, 0.3) is 0 Å². The molecular formula is C18H28F3N5O. The zero-order valence-electron chi connectivity index (χ0n) is 16.2. The third kappa shape index (κ3) is 4.63. The molecule has 0 radical (unpaired) electrons. The van der Waals surface area contributed by atoms with E-state index in [1.54, 1.807) is 0 Å². The van der Waals surface area contributed by atoms with E-state index in [4.69, 9.17) is 0 Å². The van der Waals surface area contributed by atoms with Crippen molar-refractivity contribution in [2.45, 2.75) is 45.5 Å². The van der Waals surface area contributed by atoms with Crippen molar-refractivity contribution >= 4 is 5.91 Å². The summed E-state index contributed by atoms with van der Waals surface area (Å²) in [5.41, 5.74) is 3.42. The molecule has 0 saturated carbocycles. The number of hydrogen-bond acceptors (Lipinski definition) is 4. The number of amides is 1. The van der Waals surface area contributed by atoms with Gasteiger partial charge in [-0.25, -0.2) is 0 Å². The van der Waals surface area contributed by atoms with E-state index in [0.717, 1.165) is 35.9 Å². The lowest BCUT2D eigenvalue weighted by Gasteiger charge is -2.42. The van der Waals surface area contributed by atoms with Gasteiger partial charge in [-0.05, 0) is 26.7 Å². The molecule has 0 spiro atoms. The SMILES string of the molecule is Cc1nn(C)c(C)c1CN1CCN(C2CCCN(CC(F)(F)F)C2=O)CC1. The molecule has 1 atom stereocenters. The minimum Gasteiger partial charge on any atom is -0.332 e. The van der Waals surface area contributed by atoms with E-state index in [-0.39, 0.29) is 12.5 Å². The molecule has 1 unspecified atom stereocenters. The van der Waals surface area contributed by atoms with Crippen LogP contribution in [0.1, 0.15) is 29.8 Å². The first kappa shape index (κ1) is 20.1. The Morgan fingerprint density at radius 2 is 1.78 bits per heavy atom. The lowest BCUT2D eigenvalue weighted by atomic mass is 10.0. The van der Waals surface area contributed by atoms with E-state index in [2.05, 4.69) is 21.8 Å². The average molecular weight is 387 g/mol. The minimum atomic E-state index is -4.34. The number of hydrogen-bond donors (Lipinski definition) is 0. The number of halogens is 3. The summed E-state index contributed by atoms with van der Waals surface area (Å²) in [4.78, 5) is 17.9. The van der Waals surface area contributed by atoms with Gasteiger partial charge in [0, 0.05) is 57.6 Å². The molecule has 6 nitrogen and oxygen atoms in total. The molecule has 1 aromatic rings. The second-order valence-electron chi connectivity index (χ2n) is 7.62. The molecule has 0 aliphatic carbocycles. The Morgan fingerprint density at radius 3 is 2.33 bits per heavy atom. The van der Waals surface area contributed by atoms with Crippen molar-refractivity contribution in [2.75, 3.05) is 39.3 Å². The molecule has 152 valence electrons. The maximum atomic E-state index is 12.7. The van der Waals surface area contributed by atoms with Gasteiger partial charge in [0.05, 0.1) is 11.7 Å². The van der Waals surface area contributed by atoms with Crippen LogP contribution in [-0.2, 0) is 18.4 Å². The van der Waals surface area contributed by atoms with Gasteiger partial charge in [-0.15, -0.1) is 0 Å². The van der Waals surface area contributed by atoms with Crippen LogP contribution >= 0.6 is 0 Å². The quantitative estimate of drug-likeness (QED) is 0.789. The Labute approximate surface area is 157 Å². The number of piperidine rings is 1. The Balaban J connectivity index is 1.56. The number of nitrogens with zero attached hydrogens (tertiary/aromatic N) is 5. The summed E-state index contributed by atoms with van der Waals surface area (Å²) in [6, 6.07) is -0.412. The van der Waals surface area contributed by atoms with Crippen LogP contribution in [0, 0.1) is 13.8 Å². The molecule has 3 heterocycles. The first-order chi connectivity index (χ1) is 12.7. The number of piperazine rings is 1. The largest absolute Gasteiger partial charge is 0.406 e. The number of aryl methyl sites for hydroxylation is 2. The van der Waals surface area contributed by atoms with Gasteiger partial charge in [0.2, 0.25) is 5.91 Å². The Bertz CT molecular complexity index is 679. The minimum absolute atomic E-state index is 0.203. The molecule has 1 aromatic heterocycles. The van der Waals surface area contributed by atoms with Crippen LogP contribution in [0.4, 0.5) is 13.2 Å². The van der Waals surface area contributed by atoms with E-state index in [9.17, 15) is 18.0 Å². The maximum Gasteiger partial charge on any atom is 0.406 e. The first-order valence-corrected chi connectivity index (χ1v) is 9.46. The Morgan fingerprint density at radius 1 is 1.11 bits per heavy atom. The molecule has 2 aliphatic rings. The first-order valence-electron chi connectivity index (χ1n) is 9.46. The predicted octanol–water partition coefficient (Wildman–Crippen LogP) is 1.71. The highest BCUT2D eigenvalue weighted by Crippen LogP contribution is 2.24. The van der Waals surface area contributed by atoms with Gasteiger partial charge in [-0.1, -0.05) is 0 Å². The van der Waals surface area contributed by atoms with E-state index >= 15 is 0 Å². The van der Waals surface area contributed by atoms with Crippen LogP contribution in [-0.4, -0.2) is 81.9 Å². The van der Waals surface area contributed by atoms with Crippen LogP contribution in [0.3, 0.4) is 0 Å². The Hall–Kier alpha value is -1.61. The summed E-state index contributed by atoms with van der Waals surface area (Å²) in [6.45, 7) is 6.96. The topological polar surface area (TPSA) is 44.6 Å². The smallest absolute Gasteiger partial charge is 0.332 e. The number of alkyl halides is 3. The summed E-state index contributed by atoms with van der Waals surface area (Å²) in [5.74, 6) is -0.369. The zero-order valence-corrected chi connectivity index (χ0v) is 16.2. The molecule has 0 aromatic carbocycles. The zero-order chi connectivity index (χ0) is 19.8. The van der Waals surface area contributed by atoms with Crippen molar-refractivity contribution in [2.24, 2.45) is 7.05 Å². The molecule has 2 saturated heterocycles. The fourth-order valence-corrected chi connectivity index (χ4v) is 4.14. The van der Waals surface area contributed by atoms with Crippen LogP contribution in [0.2, 0.25) is 0 Å². The van der Waals surface area contributed by atoms with Gasteiger partial charge in [0.15, 0.2) is 0 Å². The summed E-state index contributed by atoms with van der Waals surface area (Å²) in [6.07, 6.45) is -3.07. The van der Waals surface area contributed by atoms with Gasteiger partial charge < -0.3 is 4.90 Å². The summed E-state index contributed by atoms with van der Waals surface area (Å²) in [7, 11) is 1.94. The summed E-state index contributed by atoms with van der Waals surface area (Å²) >= 11 is 0. The molecule has 2 fully saturated rings. The van der Waals surface area contributed by atoms with E-state index < -0.39 is 18.8 Å². The normalized spacial score (nSPS) is 23.3. The highest BCUT2D eigenvalue weighted by atomic mass is 19.4. The number of likely N-dealkylation sites (tertiary alicyclic amines) is 1. The highest BCUT2D eigenvalue weighted by molar-refractivity contribution is 5.82. The van der Waals surface area contributed by atoms with Crippen LogP contribution < -0.4 is 0 Å². The monoisotopic (exact) mass is 387 g/mol. The number of aromatic nitrogens is 2. The number of carbonyl (C=O) groups is 1. The van der Waals surface area contributed by atoms with Gasteiger partial charge >= 0.3 is 6.18 Å².